The summed E-state index contributed by atoms with van der Waals surface area (Å²) < 4.78 is 5.62. The monoisotopic (exact) mass is 192 g/mol. The Balaban J connectivity index is 2.35. The molecular weight excluding hydrogens is 176 g/mol. The van der Waals surface area contributed by atoms with Crippen LogP contribution in [0.1, 0.15) is 12.5 Å². The Morgan fingerprint density at radius 3 is 3.07 bits per heavy atom. The lowest BCUT2D eigenvalue weighted by atomic mass is 10.1. The van der Waals surface area contributed by atoms with Crippen molar-refractivity contribution in [2.75, 3.05) is 25.2 Å². The quantitative estimate of drug-likeness (QED) is 0.770. The van der Waals surface area contributed by atoms with E-state index in [0.717, 1.165) is 31.0 Å². The second-order valence-electron chi connectivity index (χ2n) is 3.38. The fraction of sp³-hybridized carbons (Fsp3) is 0.455. The van der Waals surface area contributed by atoms with Crippen molar-refractivity contribution in [3.05, 3.63) is 23.8 Å². The molecule has 1 aromatic rings. The van der Waals surface area contributed by atoms with Crippen LogP contribution in [0.25, 0.3) is 0 Å². The summed E-state index contributed by atoms with van der Waals surface area (Å²) in [5, 5.41) is 2.11. The van der Waals surface area contributed by atoms with E-state index in [-0.39, 0.29) is 0 Å². The fourth-order valence-corrected chi connectivity index (χ4v) is 1.72. The molecule has 0 radical (unpaired) electrons. The Labute approximate surface area is 84.6 Å². The number of hydrogen-bond donors (Lipinski definition) is 1. The van der Waals surface area contributed by atoms with Gasteiger partial charge in [-0.3, -0.25) is 0 Å². The van der Waals surface area contributed by atoms with Crippen molar-refractivity contribution in [1.29, 1.82) is 0 Å². The molecule has 0 saturated carbocycles. The van der Waals surface area contributed by atoms with E-state index in [4.69, 9.17) is 4.74 Å². The average molecular weight is 192 g/mol. The third-order valence-electron chi connectivity index (χ3n) is 2.57. The number of fused-ring (bicyclic) bond motifs is 1. The van der Waals surface area contributed by atoms with Gasteiger partial charge >= 0.3 is 0 Å². The van der Waals surface area contributed by atoms with Gasteiger partial charge in [0.1, 0.15) is 12.4 Å². The van der Waals surface area contributed by atoms with Crippen LogP contribution in [0, 0.1) is 0 Å². The van der Waals surface area contributed by atoms with Gasteiger partial charge in [-0.15, -0.1) is 0 Å². The first kappa shape index (κ1) is 9.34. The lowest BCUT2D eigenvalue weighted by molar-refractivity contribution is 0.301. The molecule has 14 heavy (non-hydrogen) atoms. The van der Waals surface area contributed by atoms with Gasteiger partial charge in [0.2, 0.25) is 0 Å². The third-order valence-corrected chi connectivity index (χ3v) is 2.57. The SMILES string of the molecule is CCc1ccc2c(c1)OCCN2NC. The summed E-state index contributed by atoms with van der Waals surface area (Å²) in [4.78, 5) is 0. The van der Waals surface area contributed by atoms with Crippen molar-refractivity contribution < 1.29 is 4.74 Å². The average Bonchev–Trinajstić information content (AvgIpc) is 2.27. The number of benzene rings is 1. The van der Waals surface area contributed by atoms with Gasteiger partial charge in [0, 0.05) is 7.05 Å². The Hall–Kier alpha value is -1.22. The minimum atomic E-state index is 0.751. The van der Waals surface area contributed by atoms with Crippen LogP contribution in [0.5, 0.6) is 5.75 Å². The number of nitrogens with one attached hydrogen (secondary N) is 1. The Morgan fingerprint density at radius 1 is 1.50 bits per heavy atom. The normalized spacial score (nSPS) is 14.9. The second-order valence-corrected chi connectivity index (χ2v) is 3.38. The molecule has 0 amide bonds. The number of ether oxygens (including phenoxy) is 1. The largest absolute Gasteiger partial charge is 0.489 e. The first-order valence-corrected chi connectivity index (χ1v) is 5.05. The number of anilines is 1. The smallest absolute Gasteiger partial charge is 0.144 e. The van der Waals surface area contributed by atoms with Gasteiger partial charge in [-0.25, -0.2) is 5.43 Å². The minimum Gasteiger partial charge on any atom is -0.489 e. The van der Waals surface area contributed by atoms with Crippen molar-refractivity contribution in [1.82, 2.24) is 5.43 Å². The molecule has 2 rings (SSSR count). The van der Waals surface area contributed by atoms with Crippen LogP contribution >= 0.6 is 0 Å². The highest BCUT2D eigenvalue weighted by Gasteiger charge is 2.16. The number of hydrogen-bond acceptors (Lipinski definition) is 3. The van der Waals surface area contributed by atoms with Crippen LogP contribution in [0.4, 0.5) is 5.69 Å². The highest BCUT2D eigenvalue weighted by Crippen LogP contribution is 2.31. The van der Waals surface area contributed by atoms with Crippen molar-refractivity contribution in [3.8, 4) is 5.75 Å². The van der Waals surface area contributed by atoms with Crippen LogP contribution in [0.2, 0.25) is 0 Å². The van der Waals surface area contributed by atoms with E-state index < -0.39 is 0 Å². The molecule has 1 N–H and O–H groups in total. The summed E-state index contributed by atoms with van der Waals surface area (Å²) in [6, 6.07) is 6.39. The van der Waals surface area contributed by atoms with Gasteiger partial charge in [0.05, 0.1) is 12.2 Å². The summed E-state index contributed by atoms with van der Waals surface area (Å²) in [7, 11) is 1.93. The number of hydrazine groups is 1. The molecule has 1 aromatic carbocycles. The lowest BCUT2D eigenvalue weighted by Crippen LogP contribution is -2.41. The second kappa shape index (κ2) is 3.88. The van der Waals surface area contributed by atoms with Crippen LogP contribution in [0.3, 0.4) is 0 Å². The zero-order valence-corrected chi connectivity index (χ0v) is 8.71. The van der Waals surface area contributed by atoms with Crippen molar-refractivity contribution in [2.45, 2.75) is 13.3 Å². The molecule has 1 heterocycles. The molecule has 0 saturated heterocycles. The third kappa shape index (κ3) is 1.55. The van der Waals surface area contributed by atoms with Gasteiger partial charge in [-0.05, 0) is 24.1 Å². The maximum atomic E-state index is 5.62. The number of nitrogens with zero attached hydrogens (tertiary/aromatic N) is 1. The molecular formula is C11H16N2O. The zero-order valence-electron chi connectivity index (χ0n) is 8.71. The molecule has 0 atom stereocenters. The Morgan fingerprint density at radius 2 is 2.36 bits per heavy atom. The summed E-state index contributed by atoms with van der Waals surface area (Å²) in [5.74, 6) is 0.991. The maximum Gasteiger partial charge on any atom is 0.144 e. The molecule has 0 aromatic heterocycles. The van der Waals surface area contributed by atoms with E-state index in [2.05, 4.69) is 35.6 Å². The number of rotatable bonds is 2. The van der Waals surface area contributed by atoms with Crippen LogP contribution in [0.15, 0.2) is 18.2 Å². The minimum absolute atomic E-state index is 0.751. The van der Waals surface area contributed by atoms with E-state index in [1.165, 1.54) is 5.56 Å². The van der Waals surface area contributed by atoms with Crippen molar-refractivity contribution in [3.63, 3.8) is 0 Å². The summed E-state index contributed by atoms with van der Waals surface area (Å²) >= 11 is 0. The molecule has 0 aliphatic carbocycles. The Kier molecular flexibility index (Phi) is 2.59. The molecule has 3 heteroatoms. The summed E-state index contributed by atoms with van der Waals surface area (Å²) in [6.45, 7) is 3.80. The highest BCUT2D eigenvalue weighted by atomic mass is 16.5. The standard InChI is InChI=1S/C11H16N2O/c1-3-9-4-5-10-11(8-9)14-7-6-13(10)12-2/h4-5,8,12H,3,6-7H2,1-2H3. The van der Waals surface area contributed by atoms with Gasteiger partial charge in [0.15, 0.2) is 0 Å². The molecule has 1 aliphatic rings. The predicted molar refractivity (Wildman–Crippen MR) is 57.7 cm³/mol. The molecule has 0 bridgehead atoms. The lowest BCUT2D eigenvalue weighted by Gasteiger charge is -2.30. The molecule has 3 nitrogen and oxygen atoms in total. The molecule has 1 aliphatic heterocycles. The number of aryl methyl sites for hydroxylation is 1. The van der Waals surface area contributed by atoms with E-state index in [1.807, 2.05) is 7.05 Å². The summed E-state index contributed by atoms with van der Waals surface area (Å²) in [5.41, 5.74) is 5.61. The van der Waals surface area contributed by atoms with Crippen molar-refractivity contribution >= 4 is 5.69 Å². The zero-order chi connectivity index (χ0) is 9.97. The van der Waals surface area contributed by atoms with Crippen molar-refractivity contribution in [2.24, 2.45) is 0 Å². The van der Waals surface area contributed by atoms with E-state index in [1.54, 1.807) is 0 Å². The van der Waals surface area contributed by atoms with Gasteiger partial charge in [-0.2, -0.15) is 0 Å². The van der Waals surface area contributed by atoms with Crippen LogP contribution in [-0.2, 0) is 6.42 Å². The van der Waals surface area contributed by atoms with Gasteiger partial charge < -0.3 is 9.75 Å². The molecule has 76 valence electrons. The van der Waals surface area contributed by atoms with E-state index in [9.17, 15) is 0 Å². The van der Waals surface area contributed by atoms with Crippen LogP contribution < -0.4 is 15.2 Å². The predicted octanol–water partition coefficient (Wildman–Crippen LogP) is 1.58. The molecule has 0 unspecified atom stereocenters. The summed E-state index contributed by atoms with van der Waals surface area (Å²) in [6.07, 6.45) is 1.05. The first-order chi connectivity index (χ1) is 6.85. The van der Waals surface area contributed by atoms with E-state index >= 15 is 0 Å². The fourth-order valence-electron chi connectivity index (χ4n) is 1.72. The Bertz CT molecular complexity index is 325. The maximum absolute atomic E-state index is 5.62. The molecule has 0 fully saturated rings. The van der Waals surface area contributed by atoms with Crippen LogP contribution in [-0.4, -0.2) is 20.2 Å². The van der Waals surface area contributed by atoms with Gasteiger partial charge in [0.25, 0.3) is 0 Å². The van der Waals surface area contributed by atoms with Gasteiger partial charge in [-0.1, -0.05) is 13.0 Å². The molecule has 0 spiro atoms. The topological polar surface area (TPSA) is 24.5 Å². The first-order valence-electron chi connectivity index (χ1n) is 5.05. The van der Waals surface area contributed by atoms with E-state index in [0.29, 0.717) is 0 Å². The highest BCUT2D eigenvalue weighted by molar-refractivity contribution is 5.60.